The van der Waals surface area contributed by atoms with E-state index in [0.29, 0.717) is 0 Å². The van der Waals surface area contributed by atoms with Crippen LogP contribution in [0.15, 0.2) is 45.3 Å². The van der Waals surface area contributed by atoms with Crippen LogP contribution >= 0.6 is 31.9 Å². The average molecular weight is 417 g/mol. The molecule has 0 aromatic heterocycles. The van der Waals surface area contributed by atoms with Crippen molar-refractivity contribution >= 4 is 31.9 Å². The van der Waals surface area contributed by atoms with Crippen LogP contribution in [0.1, 0.15) is 24.1 Å². The molecule has 2 nitrogen and oxygen atoms in total. The lowest BCUT2D eigenvalue weighted by Crippen LogP contribution is -2.22. The molecule has 2 aromatic carbocycles. The number of halogens is 3. The smallest absolute Gasteiger partial charge is 0.124 e. The predicted octanol–water partition coefficient (Wildman–Crippen LogP) is 5.06. The van der Waals surface area contributed by atoms with Crippen LogP contribution in [0, 0.1) is 5.82 Å². The Bertz CT molecular complexity index is 634. The Hall–Kier alpha value is -0.910. The molecular formula is C16H16Br2FNO. The lowest BCUT2D eigenvalue weighted by molar-refractivity contribution is 0.414. The molecule has 2 aromatic rings. The minimum atomic E-state index is -0.255. The second-order valence-corrected chi connectivity index (χ2v) is 6.25. The lowest BCUT2D eigenvalue weighted by atomic mass is 9.98. The Labute approximate surface area is 141 Å². The first-order chi connectivity index (χ1) is 10.1. The quantitative estimate of drug-likeness (QED) is 0.735. The number of hydrogen-bond acceptors (Lipinski definition) is 2. The summed E-state index contributed by atoms with van der Waals surface area (Å²) in [6.45, 7) is 2.84. The van der Waals surface area contributed by atoms with Gasteiger partial charge in [0.2, 0.25) is 0 Å². The van der Waals surface area contributed by atoms with Gasteiger partial charge in [-0.2, -0.15) is 0 Å². The third-order valence-corrected chi connectivity index (χ3v) is 4.57. The zero-order valence-electron chi connectivity index (χ0n) is 11.8. The molecule has 0 radical (unpaired) electrons. The first kappa shape index (κ1) is 16.5. The summed E-state index contributed by atoms with van der Waals surface area (Å²) < 4.78 is 20.2. The van der Waals surface area contributed by atoms with Gasteiger partial charge < -0.3 is 10.1 Å². The second kappa shape index (κ2) is 7.38. The number of rotatable bonds is 5. The van der Waals surface area contributed by atoms with Crippen molar-refractivity contribution in [3.8, 4) is 5.75 Å². The van der Waals surface area contributed by atoms with Crippen molar-refractivity contribution < 1.29 is 9.13 Å². The predicted molar refractivity (Wildman–Crippen MR) is 90.3 cm³/mol. The maximum absolute atomic E-state index is 13.3. The van der Waals surface area contributed by atoms with Crippen LogP contribution in [0.5, 0.6) is 5.75 Å². The van der Waals surface area contributed by atoms with E-state index in [-0.39, 0.29) is 11.9 Å². The molecule has 1 unspecified atom stereocenters. The first-order valence-electron chi connectivity index (χ1n) is 6.58. The van der Waals surface area contributed by atoms with Gasteiger partial charge in [-0.3, -0.25) is 0 Å². The van der Waals surface area contributed by atoms with Crippen molar-refractivity contribution in [1.29, 1.82) is 0 Å². The molecule has 0 aliphatic carbocycles. The number of ether oxygens (including phenoxy) is 1. The van der Waals surface area contributed by atoms with Gasteiger partial charge in [0, 0.05) is 8.95 Å². The van der Waals surface area contributed by atoms with Crippen LogP contribution in [0.25, 0.3) is 0 Å². The molecule has 1 N–H and O–H groups in total. The Morgan fingerprint density at radius 1 is 1.10 bits per heavy atom. The monoisotopic (exact) mass is 415 g/mol. The van der Waals surface area contributed by atoms with Gasteiger partial charge in [-0.25, -0.2) is 4.39 Å². The summed E-state index contributed by atoms with van der Waals surface area (Å²) in [6.07, 6.45) is 0. The van der Waals surface area contributed by atoms with Crippen molar-refractivity contribution in [2.45, 2.75) is 13.0 Å². The van der Waals surface area contributed by atoms with Gasteiger partial charge in [0.1, 0.15) is 11.6 Å². The fraction of sp³-hybridized carbons (Fsp3) is 0.250. The van der Waals surface area contributed by atoms with Crippen molar-refractivity contribution in [2.75, 3.05) is 13.7 Å². The standard InChI is InChI=1S/C16H16Br2FNO/c1-3-20-16(12-6-4-10(19)8-14(12)17)13-7-5-11(21-2)9-15(13)18/h4-9,16,20H,3H2,1-2H3. The maximum atomic E-state index is 13.3. The van der Waals surface area contributed by atoms with Crippen LogP contribution in [-0.2, 0) is 0 Å². The molecule has 0 amide bonds. The van der Waals surface area contributed by atoms with E-state index in [1.807, 2.05) is 25.1 Å². The summed E-state index contributed by atoms with van der Waals surface area (Å²) in [4.78, 5) is 0. The minimum absolute atomic E-state index is 0.0368. The Kier molecular flexibility index (Phi) is 5.79. The molecule has 0 heterocycles. The molecule has 0 aliphatic heterocycles. The molecule has 1 atom stereocenters. The van der Waals surface area contributed by atoms with Crippen molar-refractivity contribution in [3.63, 3.8) is 0 Å². The van der Waals surface area contributed by atoms with E-state index in [0.717, 1.165) is 32.4 Å². The van der Waals surface area contributed by atoms with Crippen molar-refractivity contribution in [2.24, 2.45) is 0 Å². The van der Waals surface area contributed by atoms with Gasteiger partial charge >= 0.3 is 0 Å². The van der Waals surface area contributed by atoms with E-state index < -0.39 is 0 Å². The van der Waals surface area contributed by atoms with Crippen LogP contribution in [0.3, 0.4) is 0 Å². The van der Waals surface area contributed by atoms with E-state index in [4.69, 9.17) is 4.74 Å². The zero-order chi connectivity index (χ0) is 15.4. The van der Waals surface area contributed by atoms with Crippen molar-refractivity contribution in [3.05, 3.63) is 62.3 Å². The maximum Gasteiger partial charge on any atom is 0.124 e. The average Bonchev–Trinajstić information content (AvgIpc) is 2.46. The van der Waals surface area contributed by atoms with Gasteiger partial charge in [-0.15, -0.1) is 0 Å². The molecule has 0 saturated heterocycles. The Morgan fingerprint density at radius 3 is 2.24 bits per heavy atom. The number of nitrogens with one attached hydrogen (secondary N) is 1. The fourth-order valence-corrected chi connectivity index (χ4v) is 3.36. The van der Waals surface area contributed by atoms with E-state index in [2.05, 4.69) is 37.2 Å². The summed E-state index contributed by atoms with van der Waals surface area (Å²) in [6, 6.07) is 10.6. The number of hydrogen-bond donors (Lipinski definition) is 1. The van der Waals surface area contributed by atoms with Gasteiger partial charge in [-0.1, -0.05) is 50.9 Å². The molecule has 0 saturated carbocycles. The molecule has 0 bridgehead atoms. The lowest BCUT2D eigenvalue weighted by Gasteiger charge is -2.22. The van der Waals surface area contributed by atoms with Gasteiger partial charge in [-0.05, 0) is 41.9 Å². The largest absolute Gasteiger partial charge is 0.497 e. The molecule has 112 valence electrons. The third kappa shape index (κ3) is 3.84. The fourth-order valence-electron chi connectivity index (χ4n) is 2.20. The highest BCUT2D eigenvalue weighted by Gasteiger charge is 2.19. The Balaban J connectivity index is 2.48. The summed E-state index contributed by atoms with van der Waals surface area (Å²) in [7, 11) is 1.64. The van der Waals surface area contributed by atoms with E-state index >= 15 is 0 Å². The summed E-state index contributed by atoms with van der Waals surface area (Å²) in [5, 5.41) is 3.43. The number of methoxy groups -OCH3 is 1. The third-order valence-electron chi connectivity index (χ3n) is 3.20. The highest BCUT2D eigenvalue weighted by Crippen LogP contribution is 2.34. The van der Waals surface area contributed by atoms with E-state index in [1.54, 1.807) is 13.2 Å². The minimum Gasteiger partial charge on any atom is -0.497 e. The van der Waals surface area contributed by atoms with E-state index in [1.165, 1.54) is 12.1 Å². The summed E-state index contributed by atoms with van der Waals surface area (Å²) in [5.41, 5.74) is 2.06. The Morgan fingerprint density at radius 2 is 1.71 bits per heavy atom. The van der Waals surface area contributed by atoms with E-state index in [9.17, 15) is 4.39 Å². The van der Waals surface area contributed by atoms with Gasteiger partial charge in [0.15, 0.2) is 0 Å². The molecule has 0 fully saturated rings. The zero-order valence-corrected chi connectivity index (χ0v) is 15.0. The van der Waals surface area contributed by atoms with Gasteiger partial charge in [0.05, 0.1) is 13.2 Å². The van der Waals surface area contributed by atoms with Crippen molar-refractivity contribution in [1.82, 2.24) is 5.32 Å². The van der Waals surface area contributed by atoms with Crippen LogP contribution in [0.4, 0.5) is 4.39 Å². The molecule has 0 aliphatic rings. The topological polar surface area (TPSA) is 21.3 Å². The number of benzene rings is 2. The summed E-state index contributed by atoms with van der Waals surface area (Å²) in [5.74, 6) is 0.536. The molecule has 0 spiro atoms. The first-order valence-corrected chi connectivity index (χ1v) is 8.17. The molecular weight excluding hydrogens is 401 g/mol. The highest BCUT2D eigenvalue weighted by atomic mass is 79.9. The molecule has 5 heteroatoms. The summed E-state index contributed by atoms with van der Waals surface area (Å²) >= 11 is 7.03. The van der Waals surface area contributed by atoms with Gasteiger partial charge in [0.25, 0.3) is 0 Å². The second-order valence-electron chi connectivity index (χ2n) is 4.54. The highest BCUT2D eigenvalue weighted by molar-refractivity contribution is 9.10. The molecule has 2 rings (SSSR count). The normalized spacial score (nSPS) is 12.2. The molecule has 21 heavy (non-hydrogen) atoms. The van der Waals surface area contributed by atoms with Crippen LogP contribution in [0.2, 0.25) is 0 Å². The SMILES string of the molecule is CCNC(c1ccc(F)cc1Br)c1ccc(OC)cc1Br. The van der Waals surface area contributed by atoms with Crippen LogP contribution < -0.4 is 10.1 Å². The van der Waals surface area contributed by atoms with Crippen LogP contribution in [-0.4, -0.2) is 13.7 Å².